The van der Waals surface area contributed by atoms with Gasteiger partial charge in [-0.1, -0.05) is 24.0 Å². The van der Waals surface area contributed by atoms with E-state index in [0.717, 1.165) is 23.1 Å². The van der Waals surface area contributed by atoms with Gasteiger partial charge in [-0.25, -0.2) is 0 Å². The van der Waals surface area contributed by atoms with Crippen LogP contribution < -0.4 is 10.6 Å². The van der Waals surface area contributed by atoms with E-state index >= 15 is 0 Å². The van der Waals surface area contributed by atoms with Gasteiger partial charge in [-0.3, -0.25) is 14.9 Å². The van der Waals surface area contributed by atoms with Gasteiger partial charge >= 0.3 is 0 Å². The van der Waals surface area contributed by atoms with Crippen molar-refractivity contribution in [2.75, 3.05) is 37.2 Å². The third-order valence-corrected chi connectivity index (χ3v) is 5.07. The first kappa shape index (κ1) is 18.5. The van der Waals surface area contributed by atoms with Crippen LogP contribution in [0, 0.1) is 10.1 Å². The maximum Gasteiger partial charge on any atom is 0.269 e. The average Bonchev–Trinajstić information content (AvgIpc) is 3.11. The molecule has 130 valence electrons. The summed E-state index contributed by atoms with van der Waals surface area (Å²) in [5.41, 5.74) is 0.833. The van der Waals surface area contributed by atoms with E-state index in [1.807, 2.05) is 0 Å². The van der Waals surface area contributed by atoms with E-state index in [2.05, 4.69) is 15.5 Å². The second kappa shape index (κ2) is 9.43. The molecule has 0 saturated carbocycles. The van der Waals surface area contributed by atoms with Crippen LogP contribution in [0.15, 0.2) is 24.3 Å². The van der Waals surface area contributed by atoms with Crippen LogP contribution in [0.1, 0.15) is 12.8 Å². The number of nitrogens with zero attached hydrogens (tertiary/aromatic N) is 2. The lowest BCUT2D eigenvalue weighted by atomic mass is 10.3. The minimum atomic E-state index is -0.436. The number of hydrogen-bond donors (Lipinski definition) is 2. The van der Waals surface area contributed by atoms with Gasteiger partial charge in [0.15, 0.2) is 0 Å². The number of nitrogens with one attached hydrogen (secondary N) is 2. The summed E-state index contributed by atoms with van der Waals surface area (Å²) in [6, 6.07) is 6.17. The molecule has 0 unspecified atom stereocenters. The number of carbonyl (C=O) groups is 1. The zero-order valence-electron chi connectivity index (χ0n) is 13.2. The highest BCUT2D eigenvalue weighted by molar-refractivity contribution is 8.23. The number of benzene rings is 1. The molecule has 1 saturated heterocycles. The van der Waals surface area contributed by atoms with Gasteiger partial charge in [0, 0.05) is 44.0 Å². The number of carbonyl (C=O) groups excluding carboxylic acids is 1. The summed E-state index contributed by atoms with van der Waals surface area (Å²) in [6.07, 6.45) is 2.34. The molecule has 0 radical (unpaired) electrons. The normalized spacial score (nSPS) is 13.6. The van der Waals surface area contributed by atoms with Crippen molar-refractivity contribution in [3.63, 3.8) is 0 Å². The van der Waals surface area contributed by atoms with Gasteiger partial charge in [-0.05, 0) is 25.0 Å². The van der Waals surface area contributed by atoms with Crippen LogP contribution in [0.25, 0.3) is 0 Å². The number of thioether (sulfide) groups is 1. The van der Waals surface area contributed by atoms with Crippen LogP contribution in [0.4, 0.5) is 11.4 Å². The fraction of sp³-hybridized carbons (Fsp3) is 0.467. The molecule has 1 heterocycles. The Morgan fingerprint density at radius 2 is 1.92 bits per heavy atom. The molecule has 0 aliphatic carbocycles. The monoisotopic (exact) mass is 368 g/mol. The van der Waals surface area contributed by atoms with Gasteiger partial charge in [0.2, 0.25) is 5.91 Å². The highest BCUT2D eigenvalue weighted by Gasteiger charge is 2.15. The van der Waals surface area contributed by atoms with Gasteiger partial charge in [0.05, 0.1) is 10.7 Å². The average molecular weight is 368 g/mol. The number of nitro benzene ring substituents is 1. The number of anilines is 1. The highest BCUT2D eigenvalue weighted by Crippen LogP contribution is 2.16. The largest absolute Gasteiger partial charge is 0.383 e. The first-order valence-corrected chi connectivity index (χ1v) is 9.12. The van der Waals surface area contributed by atoms with Crippen molar-refractivity contribution >= 4 is 45.6 Å². The summed E-state index contributed by atoms with van der Waals surface area (Å²) in [5, 5.41) is 16.5. The van der Waals surface area contributed by atoms with Gasteiger partial charge in [0.1, 0.15) is 4.32 Å². The highest BCUT2D eigenvalue weighted by atomic mass is 32.2. The molecular weight excluding hydrogens is 348 g/mol. The summed E-state index contributed by atoms with van der Waals surface area (Å²) < 4.78 is 0.798. The molecule has 24 heavy (non-hydrogen) atoms. The van der Waals surface area contributed by atoms with E-state index in [9.17, 15) is 14.9 Å². The standard InChI is InChI=1S/C15H20N4O3S2/c20-14(11-24-15(23)18-9-1-2-10-18)17-8-7-16-12-3-5-13(6-4-12)19(21)22/h3-6,16H,1-2,7-11H2,(H,17,20). The SMILES string of the molecule is O=C(CSC(=S)N1CCCC1)NCCNc1ccc([N+](=O)[O-])cc1. The zero-order chi connectivity index (χ0) is 17.4. The minimum absolute atomic E-state index is 0.0490. The Morgan fingerprint density at radius 3 is 2.54 bits per heavy atom. The molecular formula is C15H20N4O3S2. The number of nitro groups is 1. The Bertz CT molecular complexity index is 589. The maximum atomic E-state index is 11.8. The fourth-order valence-electron chi connectivity index (χ4n) is 2.28. The lowest BCUT2D eigenvalue weighted by Crippen LogP contribution is -2.31. The summed E-state index contributed by atoms with van der Waals surface area (Å²) in [6.45, 7) is 3.01. The van der Waals surface area contributed by atoms with Crippen LogP contribution in [-0.2, 0) is 4.79 Å². The molecule has 1 aromatic rings. The van der Waals surface area contributed by atoms with Crippen molar-refractivity contribution in [1.82, 2.24) is 10.2 Å². The summed E-state index contributed by atoms with van der Waals surface area (Å²) >= 11 is 6.71. The molecule has 0 atom stereocenters. The van der Waals surface area contributed by atoms with E-state index in [4.69, 9.17) is 12.2 Å². The molecule has 7 nitrogen and oxygen atoms in total. The Morgan fingerprint density at radius 1 is 1.25 bits per heavy atom. The molecule has 1 aromatic carbocycles. The first-order chi connectivity index (χ1) is 11.6. The first-order valence-electron chi connectivity index (χ1n) is 7.73. The minimum Gasteiger partial charge on any atom is -0.383 e. The lowest BCUT2D eigenvalue weighted by molar-refractivity contribution is -0.384. The van der Waals surface area contributed by atoms with Crippen molar-refractivity contribution in [3.05, 3.63) is 34.4 Å². The van der Waals surface area contributed by atoms with E-state index in [1.54, 1.807) is 12.1 Å². The molecule has 2 N–H and O–H groups in total. The molecule has 0 aromatic heterocycles. The Kier molecular flexibility index (Phi) is 7.26. The van der Waals surface area contributed by atoms with E-state index in [1.165, 1.54) is 36.7 Å². The van der Waals surface area contributed by atoms with E-state index in [-0.39, 0.29) is 11.6 Å². The number of rotatable bonds is 7. The Balaban J connectivity index is 1.58. The van der Waals surface area contributed by atoms with Crippen LogP contribution >= 0.6 is 24.0 Å². The topological polar surface area (TPSA) is 87.5 Å². The smallest absolute Gasteiger partial charge is 0.269 e. The maximum absolute atomic E-state index is 11.8. The zero-order valence-corrected chi connectivity index (χ0v) is 14.8. The second-order valence-electron chi connectivity index (χ2n) is 5.33. The number of thiocarbonyl (C=S) groups is 1. The summed E-state index contributed by atoms with van der Waals surface area (Å²) in [4.78, 5) is 24.1. The van der Waals surface area contributed by atoms with Gasteiger partial charge in [-0.15, -0.1) is 0 Å². The van der Waals surface area contributed by atoms with Crippen LogP contribution in [0.2, 0.25) is 0 Å². The van der Waals surface area contributed by atoms with Crippen LogP contribution in [0.3, 0.4) is 0 Å². The predicted octanol–water partition coefficient (Wildman–Crippen LogP) is 2.24. The van der Waals surface area contributed by atoms with Crippen molar-refractivity contribution in [2.45, 2.75) is 12.8 Å². The van der Waals surface area contributed by atoms with Crippen molar-refractivity contribution in [3.8, 4) is 0 Å². The second-order valence-corrected chi connectivity index (χ2v) is 6.94. The Labute approximate surface area is 150 Å². The van der Waals surface area contributed by atoms with Crippen molar-refractivity contribution < 1.29 is 9.72 Å². The molecule has 1 amide bonds. The summed E-state index contributed by atoms with van der Waals surface area (Å²) in [7, 11) is 0. The molecule has 1 aliphatic rings. The number of non-ortho nitro benzene ring substituents is 1. The third kappa shape index (κ3) is 5.97. The molecule has 2 rings (SSSR count). The quantitative estimate of drug-likeness (QED) is 0.330. The Hall–Kier alpha value is -1.87. The van der Waals surface area contributed by atoms with Gasteiger partial charge in [-0.2, -0.15) is 0 Å². The van der Waals surface area contributed by atoms with Crippen molar-refractivity contribution in [2.24, 2.45) is 0 Å². The lowest BCUT2D eigenvalue weighted by Gasteiger charge is -2.17. The molecule has 9 heteroatoms. The van der Waals surface area contributed by atoms with Gasteiger partial charge in [0.25, 0.3) is 5.69 Å². The number of hydrogen-bond acceptors (Lipinski definition) is 6. The fourth-order valence-corrected chi connectivity index (χ4v) is 3.36. The predicted molar refractivity (Wildman–Crippen MR) is 100 cm³/mol. The molecule has 0 spiro atoms. The van der Waals surface area contributed by atoms with E-state index in [0.29, 0.717) is 18.8 Å². The van der Waals surface area contributed by atoms with Crippen LogP contribution in [0.5, 0.6) is 0 Å². The van der Waals surface area contributed by atoms with Crippen molar-refractivity contribution in [1.29, 1.82) is 0 Å². The number of likely N-dealkylation sites (tertiary alicyclic amines) is 1. The molecule has 1 fully saturated rings. The third-order valence-electron chi connectivity index (χ3n) is 3.55. The van der Waals surface area contributed by atoms with Crippen LogP contribution in [-0.4, -0.2) is 52.0 Å². The molecule has 1 aliphatic heterocycles. The summed E-state index contributed by atoms with van der Waals surface area (Å²) in [5.74, 6) is 0.277. The molecule has 0 bridgehead atoms. The van der Waals surface area contributed by atoms with E-state index < -0.39 is 4.92 Å². The van der Waals surface area contributed by atoms with Gasteiger partial charge < -0.3 is 15.5 Å². The number of amides is 1.